The van der Waals surface area contributed by atoms with Gasteiger partial charge in [0.25, 0.3) is 0 Å². The van der Waals surface area contributed by atoms with Crippen LogP contribution in [0.2, 0.25) is 0 Å². The van der Waals surface area contributed by atoms with Crippen molar-refractivity contribution in [3.8, 4) is 39.5 Å². The molecule has 3 heterocycles. The first-order valence-corrected chi connectivity index (χ1v) is 23.9. The molecule has 0 spiro atoms. The van der Waals surface area contributed by atoms with Crippen molar-refractivity contribution in [2.75, 3.05) is 0 Å². The Hall–Kier alpha value is -7.17. The van der Waals surface area contributed by atoms with Gasteiger partial charge < -0.3 is 14.0 Å². The van der Waals surface area contributed by atoms with Crippen LogP contribution in [0.4, 0.5) is 0 Å². The molecule has 70 heavy (non-hydrogen) atoms. The molecule has 347 valence electrons. The Morgan fingerprint density at radius 3 is 2.00 bits per heavy atom. The quantitative estimate of drug-likeness (QED) is 0.123. The van der Waals surface area contributed by atoms with Gasteiger partial charge in [0.05, 0.1) is 22.4 Å². The molecule has 0 amide bonds. The Balaban J connectivity index is 0.000000246. The van der Waals surface area contributed by atoms with Crippen LogP contribution in [-0.4, -0.2) is 14.5 Å². The van der Waals surface area contributed by atoms with Crippen LogP contribution in [0, 0.1) is 19.0 Å². The third-order valence-corrected chi connectivity index (χ3v) is 13.5. The maximum Gasteiger partial charge on any atom is 0.121 e. The van der Waals surface area contributed by atoms with Gasteiger partial charge in [-0.05, 0) is 114 Å². The largest absolute Gasteiger partial charge is 0.501 e. The van der Waals surface area contributed by atoms with Gasteiger partial charge in [0.2, 0.25) is 0 Å². The topological polar surface area (TPSA) is 43.9 Å². The molecule has 3 aromatic heterocycles. The molecule has 0 aliphatic heterocycles. The van der Waals surface area contributed by atoms with E-state index < -0.39 is 6.85 Å². The minimum Gasteiger partial charge on any atom is -0.501 e. The summed E-state index contributed by atoms with van der Waals surface area (Å²) in [7, 11) is 0. The van der Waals surface area contributed by atoms with E-state index in [0.717, 1.165) is 55.6 Å². The van der Waals surface area contributed by atoms with E-state index in [9.17, 15) is 0 Å². The summed E-state index contributed by atoms with van der Waals surface area (Å²) < 4.78 is 31.4. The van der Waals surface area contributed by atoms with Gasteiger partial charge in [-0.3, -0.25) is 4.98 Å². The molecule has 0 atom stereocenters. The van der Waals surface area contributed by atoms with E-state index in [1.165, 1.54) is 71.9 Å². The van der Waals surface area contributed by atoms with Crippen LogP contribution < -0.4 is 0 Å². The number of furan rings is 1. The molecule has 0 fully saturated rings. The Morgan fingerprint density at radius 2 is 1.30 bits per heavy atom. The normalized spacial score (nSPS) is 12.7. The number of hydrogen-bond donors (Lipinski definition) is 0. The second kappa shape index (κ2) is 18.6. The van der Waals surface area contributed by atoms with E-state index in [-0.39, 0.29) is 37.4 Å². The predicted molar refractivity (Wildman–Crippen MR) is 291 cm³/mol. The molecule has 1 radical (unpaired) electrons. The third kappa shape index (κ3) is 8.42. The number of fused-ring (bicyclic) bond motifs is 9. The molecule has 9 aromatic carbocycles. The number of hydrogen-bond acceptors (Lipinski definition) is 3. The van der Waals surface area contributed by atoms with E-state index in [1.807, 2.05) is 18.2 Å². The van der Waals surface area contributed by atoms with Gasteiger partial charge in [-0.25, -0.2) is 0 Å². The summed E-state index contributed by atoms with van der Waals surface area (Å²) in [6, 6.07) is 65.8. The predicted octanol–water partition coefficient (Wildman–Crippen LogP) is 17.9. The average Bonchev–Trinajstić information content (AvgIpc) is 3.96. The van der Waals surface area contributed by atoms with Crippen molar-refractivity contribution in [1.29, 1.82) is 0 Å². The van der Waals surface area contributed by atoms with E-state index in [4.69, 9.17) is 13.5 Å². The minimum absolute atomic E-state index is 0. The standard InChI is InChI=1S/C49H37N2O.C16H18N.Ir/c1-29(2)40-26-35(31-13-6-5-7-14-31)27-41(30(3)4)46(40)51-47-37-18-11-9-16-33(37)23-24-44(47)50-49(51)39-20-12-19-38-43-25-34-22-21-32-15-8-10-17-36(32)42(34)28-45(43)52-48(38)39;1-12-5-7-13(8-6-12)15-11-14(9-10-17-15)16(2,3)4;/h5-19,21-30H,1-4H3;5-7,9-11H,1-4H3;/q2*-1;/i;1D3;. The van der Waals surface area contributed by atoms with Gasteiger partial charge in [-0.15, -0.1) is 53.6 Å². The van der Waals surface area contributed by atoms with Crippen molar-refractivity contribution in [3.05, 3.63) is 210 Å². The molecule has 0 saturated heterocycles. The number of aryl methyl sites for hydroxylation is 1. The van der Waals surface area contributed by atoms with E-state index >= 15 is 0 Å². The zero-order valence-electron chi connectivity index (χ0n) is 43.5. The molecule has 0 aliphatic rings. The fraction of sp³-hybridized carbons (Fsp3) is 0.169. The van der Waals surface area contributed by atoms with E-state index in [1.54, 1.807) is 18.3 Å². The fourth-order valence-electron chi connectivity index (χ4n) is 9.88. The fourth-order valence-corrected chi connectivity index (χ4v) is 9.88. The number of benzene rings is 9. The van der Waals surface area contributed by atoms with E-state index in [0.29, 0.717) is 5.56 Å². The van der Waals surface area contributed by atoms with Crippen molar-refractivity contribution in [1.82, 2.24) is 14.5 Å². The van der Waals surface area contributed by atoms with Crippen LogP contribution in [0.5, 0.6) is 0 Å². The minimum atomic E-state index is -2.09. The van der Waals surface area contributed by atoms with Crippen LogP contribution in [-0.2, 0) is 25.5 Å². The molecule has 0 saturated carbocycles. The maximum atomic E-state index is 7.36. The summed E-state index contributed by atoms with van der Waals surface area (Å²) in [6.45, 7) is 13.6. The molecule has 0 bridgehead atoms. The summed E-state index contributed by atoms with van der Waals surface area (Å²) >= 11 is 0. The SMILES string of the molecule is CC(C)c1cc(-c2ccccc2)cc(C(C)C)c1-n1c(-c2[c-]ccc3c2oc2cc4c(ccc5ccccc54)cc23)nc2ccc3ccccc3c21.[2H]C([2H])([2H])c1c[c-]c(-c2cc(C(C)(C)C)ccn2)cc1.[Ir]. The molecule has 0 unspecified atom stereocenters. The molecule has 0 N–H and O–H groups in total. The summed E-state index contributed by atoms with van der Waals surface area (Å²) in [6.07, 6.45) is 1.78. The smallest absolute Gasteiger partial charge is 0.121 e. The first-order valence-electron chi connectivity index (χ1n) is 25.4. The van der Waals surface area contributed by atoms with Crippen LogP contribution in [0.25, 0.3) is 105 Å². The Labute approximate surface area is 428 Å². The molecule has 5 heteroatoms. The van der Waals surface area contributed by atoms with E-state index in [2.05, 4.69) is 204 Å². The zero-order valence-corrected chi connectivity index (χ0v) is 42.9. The first-order chi connectivity index (χ1) is 34.6. The number of imidazole rings is 1. The van der Waals surface area contributed by atoms with Gasteiger partial charge in [0.1, 0.15) is 5.58 Å². The summed E-state index contributed by atoms with van der Waals surface area (Å²) in [5.41, 5.74) is 14.0. The zero-order chi connectivity index (χ0) is 50.1. The van der Waals surface area contributed by atoms with Crippen LogP contribution in [0.1, 0.15) is 86.7 Å². The number of aromatic nitrogens is 3. The second-order valence-corrected chi connectivity index (χ2v) is 19.8. The van der Waals surface area contributed by atoms with Crippen molar-refractivity contribution < 1.29 is 28.6 Å². The second-order valence-electron chi connectivity index (χ2n) is 19.8. The Morgan fingerprint density at radius 1 is 0.614 bits per heavy atom. The number of pyridine rings is 1. The monoisotopic (exact) mass is 1090 g/mol. The molecule has 4 nitrogen and oxygen atoms in total. The molecule has 0 aliphatic carbocycles. The van der Waals surface area contributed by atoms with Gasteiger partial charge in [-0.1, -0.05) is 169 Å². The third-order valence-electron chi connectivity index (χ3n) is 13.5. The van der Waals surface area contributed by atoms with Crippen molar-refractivity contribution in [2.45, 2.75) is 72.6 Å². The number of rotatable bonds is 6. The maximum absolute atomic E-state index is 7.36. The molecular weight excluding hydrogens is 1030 g/mol. The molecular formula is C65H55IrN3O-2. The molecule has 12 rings (SSSR count). The van der Waals surface area contributed by atoms with Crippen LogP contribution in [0.15, 0.2) is 180 Å². The summed E-state index contributed by atoms with van der Waals surface area (Å²) in [5, 5.41) is 9.36. The van der Waals surface area contributed by atoms with Crippen LogP contribution >= 0.6 is 0 Å². The summed E-state index contributed by atoms with van der Waals surface area (Å²) in [5.74, 6) is 1.34. The van der Waals surface area contributed by atoms with Crippen molar-refractivity contribution in [2.24, 2.45) is 0 Å². The van der Waals surface area contributed by atoms with Crippen LogP contribution in [0.3, 0.4) is 0 Å². The van der Waals surface area contributed by atoms with Gasteiger partial charge >= 0.3 is 0 Å². The number of nitrogens with zero attached hydrogens (tertiary/aromatic N) is 3. The summed E-state index contributed by atoms with van der Waals surface area (Å²) in [4.78, 5) is 9.82. The first kappa shape index (κ1) is 42.9. The Kier molecular flexibility index (Phi) is 11.4. The average molecular weight is 1090 g/mol. The Bertz CT molecular complexity index is 3980. The van der Waals surface area contributed by atoms with Crippen molar-refractivity contribution in [3.63, 3.8) is 0 Å². The molecule has 12 aromatic rings. The van der Waals surface area contributed by atoms with Crippen molar-refractivity contribution >= 4 is 65.3 Å². The van der Waals surface area contributed by atoms with Gasteiger partial charge in [0, 0.05) is 46.9 Å². The van der Waals surface area contributed by atoms with Gasteiger partial charge in [0.15, 0.2) is 0 Å². The van der Waals surface area contributed by atoms with Gasteiger partial charge in [-0.2, -0.15) is 0 Å².